The molecule has 2 aliphatic rings. The van der Waals surface area contributed by atoms with Gasteiger partial charge in [-0.2, -0.15) is 4.98 Å². The molecule has 0 bridgehead atoms. The molecule has 1 amide bonds. The average molecular weight is 487 g/mol. The first-order valence-electron chi connectivity index (χ1n) is 12.7. The van der Waals surface area contributed by atoms with Crippen LogP contribution < -0.4 is 15.1 Å². The summed E-state index contributed by atoms with van der Waals surface area (Å²) in [5.74, 6) is 1.55. The van der Waals surface area contributed by atoms with E-state index in [2.05, 4.69) is 46.9 Å². The predicted octanol–water partition coefficient (Wildman–Crippen LogP) is 4.24. The lowest BCUT2D eigenvalue weighted by Crippen LogP contribution is -2.37. The van der Waals surface area contributed by atoms with E-state index >= 15 is 0 Å². The molecule has 2 aromatic heterocycles. The second-order valence-corrected chi connectivity index (χ2v) is 10.5. The number of morpholine rings is 1. The van der Waals surface area contributed by atoms with Crippen LogP contribution >= 0.6 is 0 Å². The molecule has 0 spiro atoms. The number of amides is 1. The minimum absolute atomic E-state index is 0.0582. The maximum atomic E-state index is 12.9. The quantitative estimate of drug-likeness (QED) is 0.558. The summed E-state index contributed by atoms with van der Waals surface area (Å²) in [6.07, 6.45) is 5.40. The van der Waals surface area contributed by atoms with Gasteiger partial charge < -0.3 is 19.9 Å². The van der Waals surface area contributed by atoms with E-state index in [0.717, 1.165) is 60.8 Å². The molecule has 0 atom stereocenters. The van der Waals surface area contributed by atoms with Gasteiger partial charge in [0.1, 0.15) is 5.82 Å². The number of fused-ring (bicyclic) bond motifs is 1. The van der Waals surface area contributed by atoms with Crippen LogP contribution in [0.5, 0.6) is 0 Å². The van der Waals surface area contributed by atoms with Crippen molar-refractivity contribution in [2.45, 2.75) is 33.6 Å². The Bertz CT molecular complexity index is 1220. The fourth-order valence-corrected chi connectivity index (χ4v) is 4.61. The number of anilines is 3. The number of carbonyl (C=O) groups excluding carboxylic acids is 1. The fourth-order valence-electron chi connectivity index (χ4n) is 4.61. The SMILES string of the molecule is CC(C)(C)CCNC(=O)c1cccc(-c2nc(N3CCOCC3)nc3c2CCN3c2cccnc2)c1. The highest BCUT2D eigenvalue weighted by atomic mass is 16.5. The number of nitrogens with one attached hydrogen (secondary N) is 1. The molecule has 8 nitrogen and oxygen atoms in total. The van der Waals surface area contributed by atoms with Crippen LogP contribution in [0.15, 0.2) is 48.8 Å². The highest BCUT2D eigenvalue weighted by Gasteiger charge is 2.29. The van der Waals surface area contributed by atoms with Gasteiger partial charge in [0.05, 0.1) is 30.8 Å². The third kappa shape index (κ3) is 5.33. The summed E-state index contributed by atoms with van der Waals surface area (Å²) in [5, 5.41) is 3.07. The zero-order valence-electron chi connectivity index (χ0n) is 21.3. The fraction of sp³-hybridized carbons (Fsp3) is 0.429. The summed E-state index contributed by atoms with van der Waals surface area (Å²) in [4.78, 5) is 31.7. The highest BCUT2D eigenvalue weighted by Crippen LogP contribution is 2.39. The van der Waals surface area contributed by atoms with Gasteiger partial charge in [-0.3, -0.25) is 9.78 Å². The maximum absolute atomic E-state index is 12.9. The molecule has 188 valence electrons. The average Bonchev–Trinajstić information content (AvgIpc) is 3.32. The van der Waals surface area contributed by atoms with Gasteiger partial charge in [-0.05, 0) is 42.5 Å². The molecule has 0 unspecified atom stereocenters. The van der Waals surface area contributed by atoms with Crippen LogP contribution in [0.4, 0.5) is 17.5 Å². The lowest BCUT2D eigenvalue weighted by Gasteiger charge is -2.28. The lowest BCUT2D eigenvalue weighted by atomic mass is 9.92. The maximum Gasteiger partial charge on any atom is 0.251 e. The zero-order chi connectivity index (χ0) is 25.1. The van der Waals surface area contributed by atoms with E-state index in [9.17, 15) is 4.79 Å². The molecule has 3 aromatic rings. The molecule has 8 heteroatoms. The Balaban J connectivity index is 1.50. The third-order valence-corrected chi connectivity index (χ3v) is 6.62. The molecule has 5 rings (SSSR count). The standard InChI is InChI=1S/C28H34N6O2/c1-28(2,3)10-12-30-26(35)21-7-4-6-20(18-21)24-23-9-13-34(22-8-5-11-29-19-22)25(23)32-27(31-24)33-14-16-36-17-15-33/h4-8,11,18-19H,9-10,12-17H2,1-3H3,(H,30,35). The van der Waals surface area contributed by atoms with E-state index in [0.29, 0.717) is 31.3 Å². The van der Waals surface area contributed by atoms with Gasteiger partial charge in [0, 0.05) is 49.1 Å². The Morgan fingerprint density at radius 1 is 1.08 bits per heavy atom. The molecule has 1 N–H and O–H groups in total. The van der Waals surface area contributed by atoms with E-state index < -0.39 is 0 Å². The molecule has 4 heterocycles. The van der Waals surface area contributed by atoms with Crippen LogP contribution in [-0.4, -0.2) is 60.3 Å². The van der Waals surface area contributed by atoms with E-state index in [1.807, 2.05) is 36.5 Å². The molecule has 1 fully saturated rings. The van der Waals surface area contributed by atoms with Gasteiger partial charge >= 0.3 is 0 Å². The summed E-state index contributed by atoms with van der Waals surface area (Å²) in [5.41, 5.74) is 4.75. The van der Waals surface area contributed by atoms with Crippen molar-refractivity contribution in [1.29, 1.82) is 0 Å². The topological polar surface area (TPSA) is 83.5 Å². The number of ether oxygens (including phenoxy) is 1. The Morgan fingerprint density at radius 3 is 2.67 bits per heavy atom. The van der Waals surface area contributed by atoms with Crippen molar-refractivity contribution >= 4 is 23.4 Å². The van der Waals surface area contributed by atoms with Gasteiger partial charge in [-0.25, -0.2) is 4.98 Å². The van der Waals surface area contributed by atoms with Gasteiger partial charge in [0.15, 0.2) is 0 Å². The summed E-state index contributed by atoms with van der Waals surface area (Å²) in [7, 11) is 0. The van der Waals surface area contributed by atoms with Gasteiger partial charge in [-0.15, -0.1) is 0 Å². The number of benzene rings is 1. The van der Waals surface area contributed by atoms with Crippen LogP contribution in [0.3, 0.4) is 0 Å². The molecule has 0 radical (unpaired) electrons. The number of carbonyl (C=O) groups is 1. The van der Waals surface area contributed by atoms with Crippen molar-refractivity contribution in [2.75, 3.05) is 49.2 Å². The minimum atomic E-state index is -0.0582. The number of nitrogens with zero attached hydrogens (tertiary/aromatic N) is 5. The third-order valence-electron chi connectivity index (χ3n) is 6.62. The molecule has 1 saturated heterocycles. The second-order valence-electron chi connectivity index (χ2n) is 10.5. The molecular formula is C28H34N6O2. The van der Waals surface area contributed by atoms with E-state index in [1.165, 1.54) is 0 Å². The smallest absolute Gasteiger partial charge is 0.251 e. The van der Waals surface area contributed by atoms with Gasteiger partial charge in [0.25, 0.3) is 5.91 Å². The van der Waals surface area contributed by atoms with Crippen LogP contribution in [0.25, 0.3) is 11.3 Å². The minimum Gasteiger partial charge on any atom is -0.378 e. The van der Waals surface area contributed by atoms with Gasteiger partial charge in [-0.1, -0.05) is 32.9 Å². The molecule has 0 saturated carbocycles. The summed E-state index contributed by atoms with van der Waals surface area (Å²) in [6.45, 7) is 10.8. The monoisotopic (exact) mass is 486 g/mol. The number of aromatic nitrogens is 3. The van der Waals surface area contributed by atoms with Crippen LogP contribution in [0, 0.1) is 5.41 Å². The molecule has 0 aliphatic carbocycles. The van der Waals surface area contributed by atoms with E-state index in [-0.39, 0.29) is 11.3 Å². The van der Waals surface area contributed by atoms with Crippen molar-refractivity contribution in [3.05, 3.63) is 59.9 Å². The zero-order valence-corrected chi connectivity index (χ0v) is 21.3. The number of rotatable bonds is 6. The number of pyridine rings is 1. The molecular weight excluding hydrogens is 452 g/mol. The Hall–Kier alpha value is -3.52. The molecule has 1 aromatic carbocycles. The van der Waals surface area contributed by atoms with Crippen LogP contribution in [-0.2, 0) is 11.2 Å². The summed E-state index contributed by atoms with van der Waals surface area (Å²) >= 11 is 0. The van der Waals surface area contributed by atoms with Crippen molar-refractivity contribution < 1.29 is 9.53 Å². The second kappa shape index (κ2) is 10.2. The first-order chi connectivity index (χ1) is 17.4. The number of hydrogen-bond acceptors (Lipinski definition) is 7. The van der Waals surface area contributed by atoms with Crippen LogP contribution in [0.1, 0.15) is 43.1 Å². The highest BCUT2D eigenvalue weighted by molar-refractivity contribution is 5.95. The van der Waals surface area contributed by atoms with Crippen molar-refractivity contribution in [3.63, 3.8) is 0 Å². The largest absolute Gasteiger partial charge is 0.378 e. The summed E-state index contributed by atoms with van der Waals surface area (Å²) < 4.78 is 5.55. The Morgan fingerprint density at radius 2 is 1.92 bits per heavy atom. The van der Waals surface area contributed by atoms with Crippen molar-refractivity contribution in [2.24, 2.45) is 5.41 Å². The van der Waals surface area contributed by atoms with E-state index in [1.54, 1.807) is 6.20 Å². The Labute approximate surface area is 212 Å². The normalized spacial score (nSPS) is 15.6. The van der Waals surface area contributed by atoms with Gasteiger partial charge in [0.2, 0.25) is 5.95 Å². The number of hydrogen-bond donors (Lipinski definition) is 1. The van der Waals surface area contributed by atoms with Crippen molar-refractivity contribution in [3.8, 4) is 11.3 Å². The first-order valence-corrected chi connectivity index (χ1v) is 12.7. The van der Waals surface area contributed by atoms with Crippen LogP contribution in [0.2, 0.25) is 0 Å². The molecule has 2 aliphatic heterocycles. The lowest BCUT2D eigenvalue weighted by molar-refractivity contribution is 0.0949. The Kier molecular flexibility index (Phi) is 6.87. The predicted molar refractivity (Wildman–Crippen MR) is 142 cm³/mol. The van der Waals surface area contributed by atoms with Crippen molar-refractivity contribution in [1.82, 2.24) is 20.3 Å². The summed E-state index contributed by atoms with van der Waals surface area (Å²) in [6, 6.07) is 11.8. The van der Waals surface area contributed by atoms with E-state index in [4.69, 9.17) is 14.7 Å². The molecule has 36 heavy (non-hydrogen) atoms. The first kappa shape index (κ1) is 24.2.